The summed E-state index contributed by atoms with van der Waals surface area (Å²) in [5.74, 6) is 0. The summed E-state index contributed by atoms with van der Waals surface area (Å²) in [6.45, 7) is 13.3. The Bertz CT molecular complexity index is 1190. The fourth-order valence-corrected chi connectivity index (χ4v) is 3.33. The van der Waals surface area contributed by atoms with Gasteiger partial charge in [-0.25, -0.2) is 14.8 Å². The highest BCUT2D eigenvalue weighted by Crippen LogP contribution is 2.31. The van der Waals surface area contributed by atoms with Crippen molar-refractivity contribution in [1.82, 2.24) is 19.4 Å². The van der Waals surface area contributed by atoms with Crippen LogP contribution in [0, 0.1) is 20.4 Å². The van der Waals surface area contributed by atoms with Crippen molar-refractivity contribution in [2.24, 2.45) is 0 Å². The number of aryl methyl sites for hydroxylation is 2. The lowest BCUT2D eigenvalue weighted by Crippen LogP contribution is -2.18. The van der Waals surface area contributed by atoms with Crippen LogP contribution in [0.25, 0.3) is 37.9 Å². The van der Waals surface area contributed by atoms with Crippen molar-refractivity contribution in [2.45, 2.75) is 20.4 Å². The molecule has 0 fully saturated rings. The second kappa shape index (κ2) is 6.08. The third-order valence-corrected chi connectivity index (χ3v) is 4.94. The van der Waals surface area contributed by atoms with Gasteiger partial charge in [0.05, 0.1) is 17.6 Å². The maximum Gasteiger partial charge on any atom is 0.188 e. The molecule has 0 radical (unpaired) electrons. The van der Waals surface area contributed by atoms with E-state index in [9.17, 15) is 0 Å². The predicted octanol–water partition coefficient (Wildman–Crippen LogP) is 4.47. The second-order valence-electron chi connectivity index (χ2n) is 7.09. The minimum atomic E-state index is 0.631. The molecule has 0 aliphatic carbocycles. The number of likely N-dealkylation sites (N-methyl/N-ethyl adjacent to an activating group) is 1. The molecule has 0 saturated carbocycles. The quantitative estimate of drug-likeness (QED) is 0.515. The minimum absolute atomic E-state index is 0.631. The summed E-state index contributed by atoms with van der Waals surface area (Å²) in [6, 6.07) is 10.0. The molecule has 0 atom stereocenters. The maximum atomic E-state index is 7.33. The Balaban J connectivity index is 2.09. The highest BCUT2D eigenvalue weighted by molar-refractivity contribution is 6.07. The van der Waals surface area contributed by atoms with Gasteiger partial charge in [-0.15, -0.1) is 0 Å². The number of aromatic nitrogens is 3. The molecule has 0 amide bonds. The Morgan fingerprint density at radius 1 is 1.04 bits per heavy atom. The van der Waals surface area contributed by atoms with Gasteiger partial charge >= 0.3 is 0 Å². The van der Waals surface area contributed by atoms with E-state index in [4.69, 9.17) is 16.5 Å². The average Bonchev–Trinajstić information content (AvgIpc) is 2.91. The predicted molar refractivity (Wildman–Crippen MR) is 107 cm³/mol. The minimum Gasteiger partial charge on any atom is -0.323 e. The monoisotopic (exact) mass is 343 g/mol. The van der Waals surface area contributed by atoms with E-state index in [2.05, 4.69) is 54.4 Å². The molecule has 2 aromatic heterocycles. The fraction of sp³-hybridized carbons (Fsp3) is 0.286. The highest BCUT2D eigenvalue weighted by atomic mass is 15.1. The first-order chi connectivity index (χ1) is 12.5. The van der Waals surface area contributed by atoms with Crippen molar-refractivity contribution in [3.8, 4) is 0 Å². The Morgan fingerprint density at radius 3 is 2.38 bits per heavy atom. The molecule has 0 saturated heterocycles. The standard InChI is InChI=1S/C21H21N5/c1-13-10-17-18(11-14(13)2)24-21-20(23-17)16-12-15(22-3)6-7-19(16)26(21)9-8-25(4)5/h6-7,10-12H,8-9H2,1-2,4-5H3. The van der Waals surface area contributed by atoms with Crippen LogP contribution < -0.4 is 0 Å². The fourth-order valence-electron chi connectivity index (χ4n) is 3.33. The van der Waals surface area contributed by atoms with Crippen LogP contribution in [-0.2, 0) is 6.54 Å². The average molecular weight is 343 g/mol. The molecule has 0 bridgehead atoms. The van der Waals surface area contributed by atoms with Crippen LogP contribution in [0.15, 0.2) is 30.3 Å². The lowest BCUT2D eigenvalue weighted by Gasteiger charge is -2.12. The topological polar surface area (TPSA) is 38.3 Å². The molecular weight excluding hydrogens is 322 g/mol. The molecule has 0 unspecified atom stereocenters. The molecule has 130 valence electrons. The Labute approximate surface area is 152 Å². The summed E-state index contributed by atoms with van der Waals surface area (Å²) in [4.78, 5) is 15.6. The van der Waals surface area contributed by atoms with Gasteiger partial charge in [0, 0.05) is 24.0 Å². The molecule has 0 aliphatic rings. The smallest absolute Gasteiger partial charge is 0.188 e. The van der Waals surface area contributed by atoms with Gasteiger partial charge in [0.15, 0.2) is 11.3 Å². The second-order valence-corrected chi connectivity index (χ2v) is 7.09. The Morgan fingerprint density at radius 2 is 1.73 bits per heavy atom. The van der Waals surface area contributed by atoms with Crippen molar-refractivity contribution < 1.29 is 0 Å². The van der Waals surface area contributed by atoms with E-state index in [-0.39, 0.29) is 0 Å². The van der Waals surface area contributed by atoms with E-state index in [1.165, 1.54) is 11.1 Å². The van der Waals surface area contributed by atoms with Gasteiger partial charge in [-0.3, -0.25) is 0 Å². The number of hydrogen-bond donors (Lipinski definition) is 0. The summed E-state index contributed by atoms with van der Waals surface area (Å²) >= 11 is 0. The van der Waals surface area contributed by atoms with Gasteiger partial charge in [-0.2, -0.15) is 0 Å². The molecule has 5 nitrogen and oxygen atoms in total. The van der Waals surface area contributed by atoms with Crippen molar-refractivity contribution >= 4 is 38.8 Å². The number of nitrogens with zero attached hydrogens (tertiary/aromatic N) is 5. The molecule has 2 aromatic carbocycles. The van der Waals surface area contributed by atoms with E-state index >= 15 is 0 Å². The molecule has 5 heteroatoms. The van der Waals surface area contributed by atoms with Gasteiger partial charge in [-0.1, -0.05) is 6.07 Å². The van der Waals surface area contributed by atoms with Crippen LogP contribution in [0.5, 0.6) is 0 Å². The normalized spacial score (nSPS) is 11.7. The molecule has 4 rings (SSSR count). The van der Waals surface area contributed by atoms with Crippen molar-refractivity contribution in [3.05, 3.63) is 52.9 Å². The first kappa shape index (κ1) is 16.5. The van der Waals surface area contributed by atoms with E-state index in [1.54, 1.807) is 0 Å². The molecule has 0 aliphatic heterocycles. The van der Waals surface area contributed by atoms with Crippen LogP contribution in [0.1, 0.15) is 11.1 Å². The Kier molecular flexibility index (Phi) is 3.86. The van der Waals surface area contributed by atoms with Crippen molar-refractivity contribution in [3.63, 3.8) is 0 Å². The zero-order chi connectivity index (χ0) is 18.4. The first-order valence-corrected chi connectivity index (χ1v) is 8.71. The van der Waals surface area contributed by atoms with Crippen LogP contribution >= 0.6 is 0 Å². The summed E-state index contributed by atoms with van der Waals surface area (Å²) in [6.07, 6.45) is 0. The zero-order valence-electron chi connectivity index (χ0n) is 15.5. The molecular formula is C21H21N5. The van der Waals surface area contributed by atoms with E-state index in [0.717, 1.165) is 46.2 Å². The number of rotatable bonds is 3. The van der Waals surface area contributed by atoms with E-state index in [0.29, 0.717) is 5.69 Å². The van der Waals surface area contributed by atoms with Gasteiger partial charge in [0.2, 0.25) is 0 Å². The largest absolute Gasteiger partial charge is 0.323 e. The summed E-state index contributed by atoms with van der Waals surface area (Å²) in [5.41, 5.74) is 7.73. The molecule has 0 spiro atoms. The van der Waals surface area contributed by atoms with Crippen molar-refractivity contribution in [1.29, 1.82) is 0 Å². The number of benzene rings is 2. The molecule has 26 heavy (non-hydrogen) atoms. The van der Waals surface area contributed by atoms with Gasteiger partial charge in [-0.05, 0) is 63.3 Å². The number of fused-ring (bicyclic) bond motifs is 4. The lowest BCUT2D eigenvalue weighted by molar-refractivity contribution is 0.389. The van der Waals surface area contributed by atoms with Gasteiger partial charge < -0.3 is 9.47 Å². The summed E-state index contributed by atoms with van der Waals surface area (Å²) < 4.78 is 2.22. The molecule has 4 aromatic rings. The van der Waals surface area contributed by atoms with E-state index in [1.807, 2.05) is 18.2 Å². The Hall–Kier alpha value is -2.97. The van der Waals surface area contributed by atoms with Crippen LogP contribution in [-0.4, -0.2) is 40.1 Å². The third kappa shape index (κ3) is 2.59. The maximum absolute atomic E-state index is 7.33. The number of hydrogen-bond acceptors (Lipinski definition) is 3. The SMILES string of the molecule is [C-]#[N+]c1ccc2c(c1)c1nc3cc(C)c(C)cc3nc1n2CCN(C)C. The van der Waals surface area contributed by atoms with Crippen molar-refractivity contribution in [2.75, 3.05) is 20.6 Å². The molecule has 0 N–H and O–H groups in total. The van der Waals surface area contributed by atoms with Crippen LogP contribution in [0.2, 0.25) is 0 Å². The highest BCUT2D eigenvalue weighted by Gasteiger charge is 2.15. The summed E-state index contributed by atoms with van der Waals surface area (Å²) in [5, 5.41) is 1.000. The lowest BCUT2D eigenvalue weighted by atomic mass is 10.1. The van der Waals surface area contributed by atoms with E-state index < -0.39 is 0 Å². The third-order valence-electron chi connectivity index (χ3n) is 4.94. The molecule has 2 heterocycles. The summed E-state index contributed by atoms with van der Waals surface area (Å²) in [7, 11) is 4.14. The van der Waals surface area contributed by atoms with Gasteiger partial charge in [0.25, 0.3) is 0 Å². The van der Waals surface area contributed by atoms with Crippen LogP contribution in [0.3, 0.4) is 0 Å². The van der Waals surface area contributed by atoms with Gasteiger partial charge in [0.1, 0.15) is 5.52 Å². The zero-order valence-corrected chi connectivity index (χ0v) is 15.5. The first-order valence-electron chi connectivity index (χ1n) is 8.71. The van der Waals surface area contributed by atoms with Crippen LogP contribution in [0.4, 0.5) is 5.69 Å².